The largest absolute Gasteiger partial charge is 0.328 e. The number of nitrogens with zero attached hydrogens (tertiary/aromatic N) is 3. The molecule has 32 heavy (non-hydrogen) atoms. The lowest BCUT2D eigenvalue weighted by molar-refractivity contribution is -0.119. The molecular formula is C26H28ClN3O2. The number of fused-ring (bicyclic) bond motifs is 1. The van der Waals surface area contributed by atoms with E-state index in [9.17, 15) is 9.59 Å². The third-order valence-electron chi connectivity index (χ3n) is 5.91. The van der Waals surface area contributed by atoms with Crippen molar-refractivity contribution in [3.05, 3.63) is 76.9 Å². The summed E-state index contributed by atoms with van der Waals surface area (Å²) in [6.45, 7) is 2.81. The first-order valence-electron chi connectivity index (χ1n) is 11.3. The summed E-state index contributed by atoms with van der Waals surface area (Å²) < 4.78 is 1.88. The number of Topliss-reactive ketones (excluding diaryl/α,β-unsaturated/α-hetero) is 1. The van der Waals surface area contributed by atoms with Crippen LogP contribution in [0.5, 0.6) is 0 Å². The second-order valence-electron chi connectivity index (χ2n) is 8.40. The SMILES string of the molecule is CCCCCC1CN(CC(=O)Cc2ccccc2)C(=O)c2cc(-c3ccc(Cl)cc3)nn21. The van der Waals surface area contributed by atoms with Crippen molar-refractivity contribution in [3.8, 4) is 11.3 Å². The Morgan fingerprint density at radius 2 is 1.84 bits per heavy atom. The molecule has 1 aliphatic rings. The molecule has 0 fully saturated rings. The summed E-state index contributed by atoms with van der Waals surface area (Å²) in [5.74, 6) is -0.0892. The fraction of sp³-hybridized carbons (Fsp3) is 0.346. The maximum atomic E-state index is 13.3. The van der Waals surface area contributed by atoms with Gasteiger partial charge in [-0.2, -0.15) is 5.10 Å². The van der Waals surface area contributed by atoms with E-state index in [1.807, 2.05) is 65.3 Å². The number of hydrogen-bond donors (Lipinski definition) is 0. The van der Waals surface area contributed by atoms with Crippen LogP contribution in [-0.2, 0) is 11.2 Å². The molecular weight excluding hydrogens is 422 g/mol. The number of carbonyl (C=O) groups excluding carboxylic acids is 2. The molecule has 0 saturated heterocycles. The van der Waals surface area contributed by atoms with E-state index in [1.54, 1.807) is 4.90 Å². The molecule has 1 aliphatic heterocycles. The van der Waals surface area contributed by atoms with E-state index in [0.717, 1.165) is 42.5 Å². The zero-order valence-corrected chi connectivity index (χ0v) is 19.1. The molecule has 0 spiro atoms. The van der Waals surface area contributed by atoms with Gasteiger partial charge in [-0.1, -0.05) is 80.3 Å². The molecule has 1 aromatic heterocycles. The Bertz CT molecular complexity index is 1080. The van der Waals surface area contributed by atoms with Crippen LogP contribution in [0, 0.1) is 0 Å². The van der Waals surface area contributed by atoms with Gasteiger partial charge < -0.3 is 4.90 Å². The van der Waals surface area contributed by atoms with Crippen LogP contribution in [0.1, 0.15) is 54.7 Å². The highest BCUT2D eigenvalue weighted by atomic mass is 35.5. The van der Waals surface area contributed by atoms with E-state index in [4.69, 9.17) is 16.7 Å². The number of hydrogen-bond acceptors (Lipinski definition) is 3. The quantitative estimate of drug-likeness (QED) is 0.400. The van der Waals surface area contributed by atoms with Gasteiger partial charge >= 0.3 is 0 Å². The molecule has 166 valence electrons. The first-order valence-corrected chi connectivity index (χ1v) is 11.6. The topological polar surface area (TPSA) is 55.2 Å². The van der Waals surface area contributed by atoms with Gasteiger partial charge in [0.25, 0.3) is 5.91 Å². The molecule has 0 saturated carbocycles. The number of benzene rings is 2. The minimum atomic E-state index is -0.133. The number of carbonyl (C=O) groups is 2. The second kappa shape index (κ2) is 10.1. The molecule has 0 bridgehead atoms. The highest BCUT2D eigenvalue weighted by molar-refractivity contribution is 6.30. The lowest BCUT2D eigenvalue weighted by Crippen LogP contribution is -2.45. The zero-order valence-electron chi connectivity index (χ0n) is 18.3. The molecule has 4 rings (SSSR count). The molecule has 0 aliphatic carbocycles. The van der Waals surface area contributed by atoms with E-state index in [1.165, 1.54) is 0 Å². The first-order chi connectivity index (χ1) is 15.5. The molecule has 5 nitrogen and oxygen atoms in total. The van der Waals surface area contributed by atoms with Crippen LogP contribution < -0.4 is 0 Å². The minimum absolute atomic E-state index is 0.0442. The van der Waals surface area contributed by atoms with Crippen molar-refractivity contribution in [2.45, 2.75) is 45.1 Å². The van der Waals surface area contributed by atoms with Crippen molar-refractivity contribution in [1.82, 2.24) is 14.7 Å². The van der Waals surface area contributed by atoms with Gasteiger partial charge in [0.2, 0.25) is 0 Å². The monoisotopic (exact) mass is 449 g/mol. The predicted octanol–water partition coefficient (Wildman–Crippen LogP) is 5.59. The smallest absolute Gasteiger partial charge is 0.272 e. The Kier molecular flexibility index (Phi) is 7.05. The normalized spacial score (nSPS) is 15.6. The molecule has 1 amide bonds. The Morgan fingerprint density at radius 1 is 1.09 bits per heavy atom. The van der Waals surface area contributed by atoms with Gasteiger partial charge in [0.1, 0.15) is 5.69 Å². The molecule has 0 N–H and O–H groups in total. The highest BCUT2D eigenvalue weighted by Gasteiger charge is 2.33. The Morgan fingerprint density at radius 3 is 2.56 bits per heavy atom. The van der Waals surface area contributed by atoms with Gasteiger partial charge in [0, 0.05) is 23.6 Å². The fourth-order valence-electron chi connectivity index (χ4n) is 4.24. The molecule has 6 heteroatoms. The van der Waals surface area contributed by atoms with Crippen molar-refractivity contribution < 1.29 is 9.59 Å². The maximum absolute atomic E-state index is 13.3. The van der Waals surface area contributed by atoms with E-state index in [0.29, 0.717) is 23.7 Å². The first kappa shape index (κ1) is 22.3. The van der Waals surface area contributed by atoms with E-state index in [-0.39, 0.29) is 24.3 Å². The standard InChI is InChI=1S/C26H28ClN3O2/c1-2-3-5-10-22-17-29(18-23(31)15-19-8-6-4-7-9-19)26(32)25-16-24(28-30(22)25)20-11-13-21(27)14-12-20/h4,6-9,11-14,16,22H,2-3,5,10,15,17-18H2,1H3. The summed E-state index contributed by atoms with van der Waals surface area (Å²) >= 11 is 6.02. The number of unbranched alkanes of at least 4 members (excludes halogenated alkanes) is 2. The second-order valence-corrected chi connectivity index (χ2v) is 8.84. The van der Waals surface area contributed by atoms with Crippen molar-refractivity contribution in [2.75, 3.05) is 13.1 Å². The van der Waals surface area contributed by atoms with Crippen LogP contribution in [0.25, 0.3) is 11.3 Å². The van der Waals surface area contributed by atoms with Crippen LogP contribution in [-0.4, -0.2) is 39.5 Å². The van der Waals surface area contributed by atoms with Crippen molar-refractivity contribution >= 4 is 23.3 Å². The zero-order chi connectivity index (χ0) is 22.5. The summed E-state index contributed by atoms with van der Waals surface area (Å²) in [5, 5.41) is 5.45. The van der Waals surface area contributed by atoms with Crippen LogP contribution in [0.4, 0.5) is 0 Å². The lowest BCUT2D eigenvalue weighted by Gasteiger charge is -2.33. The number of rotatable bonds is 9. The van der Waals surface area contributed by atoms with Gasteiger partial charge in [-0.05, 0) is 30.2 Å². The molecule has 2 aromatic carbocycles. The number of ketones is 1. The Hall–Kier alpha value is -2.92. The van der Waals surface area contributed by atoms with Gasteiger partial charge in [0.05, 0.1) is 18.3 Å². The maximum Gasteiger partial charge on any atom is 0.272 e. The third kappa shape index (κ3) is 5.10. The molecule has 0 radical (unpaired) electrons. The van der Waals surface area contributed by atoms with Gasteiger partial charge in [-0.3, -0.25) is 14.3 Å². The third-order valence-corrected chi connectivity index (χ3v) is 6.16. The van der Waals surface area contributed by atoms with Gasteiger partial charge in [0.15, 0.2) is 5.78 Å². The number of amides is 1. The van der Waals surface area contributed by atoms with Gasteiger partial charge in [-0.25, -0.2) is 0 Å². The molecule has 1 atom stereocenters. The lowest BCUT2D eigenvalue weighted by atomic mass is 10.0. The van der Waals surface area contributed by atoms with Crippen molar-refractivity contribution in [3.63, 3.8) is 0 Å². The van der Waals surface area contributed by atoms with Crippen LogP contribution in [0.2, 0.25) is 5.02 Å². The molecule has 3 aromatic rings. The van der Waals surface area contributed by atoms with Crippen molar-refractivity contribution in [1.29, 1.82) is 0 Å². The minimum Gasteiger partial charge on any atom is -0.328 e. The molecule has 1 unspecified atom stereocenters. The summed E-state index contributed by atoms with van der Waals surface area (Å²) in [7, 11) is 0. The summed E-state index contributed by atoms with van der Waals surface area (Å²) in [4.78, 5) is 27.7. The Labute approximate surface area is 194 Å². The summed E-state index contributed by atoms with van der Waals surface area (Å²) in [5.41, 5.74) is 3.19. The number of aromatic nitrogens is 2. The fourth-order valence-corrected chi connectivity index (χ4v) is 4.37. The summed E-state index contributed by atoms with van der Waals surface area (Å²) in [6, 6.07) is 19.0. The predicted molar refractivity (Wildman–Crippen MR) is 127 cm³/mol. The van der Waals surface area contributed by atoms with Crippen molar-refractivity contribution in [2.24, 2.45) is 0 Å². The van der Waals surface area contributed by atoms with Crippen LogP contribution >= 0.6 is 11.6 Å². The van der Waals surface area contributed by atoms with Crippen LogP contribution in [0.15, 0.2) is 60.7 Å². The van der Waals surface area contributed by atoms with Crippen LogP contribution in [0.3, 0.4) is 0 Å². The van der Waals surface area contributed by atoms with E-state index < -0.39 is 0 Å². The van der Waals surface area contributed by atoms with Gasteiger partial charge in [-0.15, -0.1) is 0 Å². The number of halogens is 1. The average molecular weight is 450 g/mol. The Balaban J connectivity index is 1.56. The summed E-state index contributed by atoms with van der Waals surface area (Å²) in [6.07, 6.45) is 4.60. The highest BCUT2D eigenvalue weighted by Crippen LogP contribution is 2.30. The van der Waals surface area contributed by atoms with E-state index >= 15 is 0 Å². The van der Waals surface area contributed by atoms with E-state index in [2.05, 4.69) is 6.92 Å². The molecule has 2 heterocycles. The average Bonchev–Trinajstić information content (AvgIpc) is 3.24.